The molecule has 0 aliphatic carbocycles. The summed E-state index contributed by atoms with van der Waals surface area (Å²) in [5.74, 6) is 5.61. The van der Waals surface area contributed by atoms with Gasteiger partial charge in [0.15, 0.2) is 6.10 Å². The zero-order chi connectivity index (χ0) is 18.4. The maximum Gasteiger partial charge on any atom is 0.307 e. The van der Waals surface area contributed by atoms with E-state index in [1.54, 1.807) is 0 Å². The van der Waals surface area contributed by atoms with Crippen molar-refractivity contribution < 1.29 is 19.1 Å². The van der Waals surface area contributed by atoms with Gasteiger partial charge >= 0.3 is 11.9 Å². The molecule has 1 unspecified atom stereocenters. The molecule has 0 aromatic heterocycles. The second-order valence-electron chi connectivity index (χ2n) is 6.44. The molecule has 0 fully saturated rings. The Morgan fingerprint density at radius 3 is 2.33 bits per heavy atom. The first-order chi connectivity index (χ1) is 11.3. The lowest BCUT2D eigenvalue weighted by atomic mass is 10.1. The molecule has 136 valence electrons. The summed E-state index contributed by atoms with van der Waals surface area (Å²) in [6.07, 6.45) is 4.19. The van der Waals surface area contributed by atoms with Crippen LogP contribution in [0.1, 0.15) is 72.6 Å². The molecule has 0 aromatic rings. The predicted molar refractivity (Wildman–Crippen MR) is 96.3 cm³/mol. The summed E-state index contributed by atoms with van der Waals surface area (Å²) in [6.45, 7) is 12.2. The van der Waals surface area contributed by atoms with Crippen LogP contribution >= 0.6 is 0 Å². The maximum atomic E-state index is 11.9. The number of carbonyl (C=O) groups excluding carboxylic acids is 2. The number of ether oxygens (including phenoxy) is 2. The minimum absolute atomic E-state index is 0.202. The van der Waals surface area contributed by atoms with Crippen molar-refractivity contribution in [2.75, 3.05) is 6.61 Å². The van der Waals surface area contributed by atoms with Crippen molar-refractivity contribution in [1.82, 2.24) is 0 Å². The number of esters is 2. The summed E-state index contributed by atoms with van der Waals surface area (Å²) in [4.78, 5) is 23.4. The highest BCUT2D eigenvalue weighted by Gasteiger charge is 2.14. The van der Waals surface area contributed by atoms with Crippen LogP contribution in [0.3, 0.4) is 0 Å². The second kappa shape index (κ2) is 13.7. The summed E-state index contributed by atoms with van der Waals surface area (Å²) in [7, 11) is 0. The van der Waals surface area contributed by atoms with Gasteiger partial charge < -0.3 is 9.47 Å². The quantitative estimate of drug-likeness (QED) is 0.318. The molecule has 0 amide bonds. The number of hydrogen-bond acceptors (Lipinski definition) is 4. The topological polar surface area (TPSA) is 52.6 Å². The van der Waals surface area contributed by atoms with Crippen LogP contribution in [-0.2, 0) is 19.1 Å². The van der Waals surface area contributed by atoms with Gasteiger partial charge in [0.1, 0.15) is 0 Å². The maximum absolute atomic E-state index is 11.9. The molecule has 0 aromatic carbocycles. The fourth-order valence-corrected chi connectivity index (χ4v) is 1.97. The van der Waals surface area contributed by atoms with Gasteiger partial charge in [0.05, 0.1) is 6.61 Å². The summed E-state index contributed by atoms with van der Waals surface area (Å²) in [5, 5.41) is 0. The van der Waals surface area contributed by atoms with E-state index >= 15 is 0 Å². The Morgan fingerprint density at radius 2 is 1.75 bits per heavy atom. The van der Waals surface area contributed by atoms with Crippen molar-refractivity contribution in [3.05, 3.63) is 12.2 Å². The number of allylic oxidation sites excluding steroid dienone is 1. The van der Waals surface area contributed by atoms with Gasteiger partial charge in [-0.1, -0.05) is 52.0 Å². The van der Waals surface area contributed by atoms with E-state index < -0.39 is 6.10 Å². The number of carbonyl (C=O) groups is 2. The fraction of sp³-hybridized carbons (Fsp3) is 0.700. The molecule has 0 aliphatic heterocycles. The van der Waals surface area contributed by atoms with Crippen molar-refractivity contribution in [2.45, 2.75) is 78.7 Å². The van der Waals surface area contributed by atoms with Gasteiger partial charge in [-0.3, -0.25) is 9.59 Å². The highest BCUT2D eigenvalue weighted by Crippen LogP contribution is 2.10. The second-order valence-corrected chi connectivity index (χ2v) is 6.44. The molecule has 4 nitrogen and oxygen atoms in total. The number of rotatable bonds is 11. The van der Waals surface area contributed by atoms with Crippen LogP contribution in [0.15, 0.2) is 12.2 Å². The summed E-state index contributed by atoms with van der Waals surface area (Å²) in [6, 6.07) is 0. The largest absolute Gasteiger partial charge is 0.466 e. The Bertz CT molecular complexity index is 454. The minimum Gasteiger partial charge on any atom is -0.466 e. The molecule has 0 saturated carbocycles. The number of unbranched alkanes of at least 4 members (excludes halogenated alkanes) is 2. The van der Waals surface area contributed by atoms with Gasteiger partial charge in [0.25, 0.3) is 0 Å². The normalized spacial score (nSPS) is 11.4. The summed E-state index contributed by atoms with van der Waals surface area (Å²) in [5.41, 5.74) is 0.741. The van der Waals surface area contributed by atoms with Crippen LogP contribution in [0.25, 0.3) is 0 Å². The molecule has 1 atom stereocenters. The average molecular weight is 336 g/mol. The van der Waals surface area contributed by atoms with Crippen LogP contribution in [0.5, 0.6) is 0 Å². The standard InChI is InChI=1S/C20H32O4/c1-6-7-8-14-23-19(21)10-9-11-20(22)24-18(15-17(4)5)13-12-16(2)3/h17-18H,2,6-11,14-15H2,1,3-5H3. The Hall–Kier alpha value is -1.76. The van der Waals surface area contributed by atoms with E-state index in [2.05, 4.69) is 39.2 Å². The molecular formula is C20H32O4. The van der Waals surface area contributed by atoms with Crippen LogP contribution in [0.2, 0.25) is 0 Å². The van der Waals surface area contributed by atoms with Gasteiger partial charge in [0.2, 0.25) is 0 Å². The van der Waals surface area contributed by atoms with E-state index in [0.717, 1.165) is 24.8 Å². The fourth-order valence-electron chi connectivity index (χ4n) is 1.97. The number of hydrogen-bond donors (Lipinski definition) is 0. The molecule has 0 heterocycles. The van der Waals surface area contributed by atoms with Gasteiger partial charge in [-0.15, -0.1) is 0 Å². The van der Waals surface area contributed by atoms with Crippen LogP contribution in [0.4, 0.5) is 0 Å². The lowest BCUT2D eigenvalue weighted by molar-refractivity contribution is -0.147. The highest BCUT2D eigenvalue weighted by molar-refractivity contribution is 5.72. The van der Waals surface area contributed by atoms with Gasteiger partial charge in [-0.25, -0.2) is 0 Å². The molecule has 0 N–H and O–H groups in total. The van der Waals surface area contributed by atoms with E-state index in [4.69, 9.17) is 9.47 Å². The lowest BCUT2D eigenvalue weighted by Gasteiger charge is -2.14. The predicted octanol–water partition coefficient (Wildman–Crippen LogP) is 4.43. The van der Waals surface area contributed by atoms with Crippen LogP contribution in [-0.4, -0.2) is 24.6 Å². The van der Waals surface area contributed by atoms with E-state index in [9.17, 15) is 9.59 Å². The molecule has 0 aliphatic rings. The molecule has 24 heavy (non-hydrogen) atoms. The van der Waals surface area contributed by atoms with Crippen molar-refractivity contribution >= 4 is 11.9 Å². The van der Waals surface area contributed by atoms with Crippen molar-refractivity contribution in [3.8, 4) is 11.8 Å². The van der Waals surface area contributed by atoms with Crippen molar-refractivity contribution in [1.29, 1.82) is 0 Å². The monoisotopic (exact) mass is 336 g/mol. The van der Waals surface area contributed by atoms with E-state index in [-0.39, 0.29) is 24.8 Å². The zero-order valence-corrected chi connectivity index (χ0v) is 15.7. The average Bonchev–Trinajstić information content (AvgIpc) is 2.48. The van der Waals surface area contributed by atoms with Gasteiger partial charge in [-0.2, -0.15) is 0 Å². The molecule has 0 radical (unpaired) electrons. The molecule has 0 saturated heterocycles. The SMILES string of the molecule is C=C(C)C#CC(CC(C)C)OC(=O)CCCC(=O)OCCCCC. The highest BCUT2D eigenvalue weighted by atomic mass is 16.5. The molecule has 4 heteroatoms. The minimum atomic E-state index is -0.421. The van der Waals surface area contributed by atoms with Crippen molar-refractivity contribution in [2.24, 2.45) is 5.92 Å². The third-order valence-corrected chi connectivity index (χ3v) is 3.18. The van der Waals surface area contributed by atoms with E-state index in [1.807, 2.05) is 6.92 Å². The summed E-state index contributed by atoms with van der Waals surface area (Å²) < 4.78 is 10.5. The molecule has 0 spiro atoms. The first kappa shape index (κ1) is 22.2. The zero-order valence-electron chi connectivity index (χ0n) is 15.7. The Kier molecular flexibility index (Phi) is 12.7. The van der Waals surface area contributed by atoms with Crippen LogP contribution < -0.4 is 0 Å². The van der Waals surface area contributed by atoms with Gasteiger partial charge in [-0.05, 0) is 37.7 Å². The molecular weight excluding hydrogens is 304 g/mol. The Morgan fingerprint density at radius 1 is 1.08 bits per heavy atom. The van der Waals surface area contributed by atoms with E-state index in [1.165, 1.54) is 0 Å². The molecule has 0 bridgehead atoms. The lowest BCUT2D eigenvalue weighted by Crippen LogP contribution is -2.19. The Balaban J connectivity index is 4.10. The molecule has 0 rings (SSSR count). The van der Waals surface area contributed by atoms with E-state index in [0.29, 0.717) is 25.4 Å². The Labute approximate surface area is 147 Å². The van der Waals surface area contributed by atoms with Crippen LogP contribution in [0, 0.1) is 17.8 Å². The third-order valence-electron chi connectivity index (χ3n) is 3.18. The first-order valence-corrected chi connectivity index (χ1v) is 8.87. The third kappa shape index (κ3) is 13.9. The first-order valence-electron chi connectivity index (χ1n) is 8.87. The smallest absolute Gasteiger partial charge is 0.307 e. The summed E-state index contributed by atoms with van der Waals surface area (Å²) >= 11 is 0. The van der Waals surface area contributed by atoms with Gasteiger partial charge in [0, 0.05) is 12.8 Å². The van der Waals surface area contributed by atoms with Crippen molar-refractivity contribution in [3.63, 3.8) is 0 Å².